The highest BCUT2D eigenvalue weighted by atomic mass is 32.1. The molecule has 0 unspecified atom stereocenters. The van der Waals surface area contributed by atoms with Crippen LogP contribution in [0.5, 0.6) is 0 Å². The minimum absolute atomic E-state index is 0.305. The summed E-state index contributed by atoms with van der Waals surface area (Å²) >= 11 is 1.63. The molecule has 0 saturated carbocycles. The second kappa shape index (κ2) is 5.23. The molecule has 86 valence electrons. The lowest BCUT2D eigenvalue weighted by molar-refractivity contribution is 0.420. The Kier molecular flexibility index (Phi) is 3.69. The van der Waals surface area contributed by atoms with Crippen LogP contribution in [-0.2, 0) is 13.0 Å². The fraction of sp³-hybridized carbons (Fsp3) is 0.364. The number of nitrogens with two attached hydrogens (primary N) is 1. The van der Waals surface area contributed by atoms with Gasteiger partial charge < -0.3 is 5.73 Å². The minimum Gasteiger partial charge on any atom is -0.330 e. The van der Waals surface area contributed by atoms with Crippen LogP contribution in [0.4, 0.5) is 4.39 Å². The Morgan fingerprint density at radius 3 is 3.00 bits per heavy atom. The van der Waals surface area contributed by atoms with Crippen LogP contribution in [0.3, 0.4) is 0 Å². The van der Waals surface area contributed by atoms with Gasteiger partial charge in [-0.05, 0) is 24.1 Å². The molecule has 0 aliphatic heterocycles. The Balaban J connectivity index is 2.30. The Bertz CT molecular complexity index is 413. The van der Waals surface area contributed by atoms with Crippen LogP contribution in [-0.4, -0.2) is 23.0 Å². The van der Waals surface area contributed by atoms with Crippen molar-refractivity contribution in [3.05, 3.63) is 28.6 Å². The molecule has 2 rings (SSSR count). The van der Waals surface area contributed by atoms with E-state index in [2.05, 4.69) is 5.10 Å². The molecule has 0 fully saturated rings. The minimum atomic E-state index is -0.400. The predicted octanol–water partition coefficient (Wildman–Crippen LogP) is 2.08. The van der Waals surface area contributed by atoms with Gasteiger partial charge in [-0.2, -0.15) is 16.4 Å². The lowest BCUT2D eigenvalue weighted by Crippen LogP contribution is -2.11. The fourth-order valence-corrected chi connectivity index (χ4v) is 2.28. The van der Waals surface area contributed by atoms with E-state index in [9.17, 15) is 4.39 Å². The molecule has 0 aliphatic carbocycles. The van der Waals surface area contributed by atoms with E-state index in [1.165, 1.54) is 0 Å². The first kappa shape index (κ1) is 11.3. The van der Waals surface area contributed by atoms with Crippen LogP contribution in [0, 0.1) is 0 Å². The third-order valence-corrected chi connectivity index (χ3v) is 3.06. The van der Waals surface area contributed by atoms with Gasteiger partial charge in [0.25, 0.3) is 0 Å². The lowest BCUT2D eigenvalue weighted by atomic mass is 10.2. The first-order valence-corrected chi connectivity index (χ1v) is 6.14. The highest BCUT2D eigenvalue weighted by Gasteiger charge is 2.08. The van der Waals surface area contributed by atoms with Crippen molar-refractivity contribution < 1.29 is 4.39 Å². The summed E-state index contributed by atoms with van der Waals surface area (Å²) in [6, 6.07) is 4.00. The third-order valence-electron chi connectivity index (χ3n) is 2.38. The molecule has 16 heavy (non-hydrogen) atoms. The summed E-state index contributed by atoms with van der Waals surface area (Å²) in [6.45, 7) is 0.461. The molecule has 0 bridgehead atoms. The Morgan fingerprint density at radius 1 is 1.50 bits per heavy atom. The van der Waals surface area contributed by atoms with Crippen LogP contribution in [0.1, 0.15) is 5.69 Å². The molecule has 3 nitrogen and oxygen atoms in total. The molecule has 2 aromatic rings. The molecule has 0 amide bonds. The number of aromatic nitrogens is 2. The quantitative estimate of drug-likeness (QED) is 0.868. The highest BCUT2D eigenvalue weighted by Crippen LogP contribution is 2.21. The largest absolute Gasteiger partial charge is 0.330 e. The van der Waals surface area contributed by atoms with Crippen molar-refractivity contribution in [2.75, 3.05) is 13.2 Å². The monoisotopic (exact) mass is 239 g/mol. The zero-order valence-electron chi connectivity index (χ0n) is 8.90. The zero-order chi connectivity index (χ0) is 11.4. The van der Waals surface area contributed by atoms with Gasteiger partial charge in [-0.3, -0.25) is 4.68 Å². The maximum absolute atomic E-state index is 12.4. The van der Waals surface area contributed by atoms with E-state index < -0.39 is 6.67 Å². The second-order valence-electron chi connectivity index (χ2n) is 3.48. The second-order valence-corrected chi connectivity index (χ2v) is 4.26. The summed E-state index contributed by atoms with van der Waals surface area (Å²) < 4.78 is 14.1. The van der Waals surface area contributed by atoms with E-state index in [1.807, 2.05) is 22.9 Å². The van der Waals surface area contributed by atoms with Gasteiger partial charge in [0.15, 0.2) is 0 Å². The van der Waals surface area contributed by atoms with E-state index in [1.54, 1.807) is 16.0 Å². The van der Waals surface area contributed by atoms with Crippen molar-refractivity contribution in [3.8, 4) is 11.3 Å². The standard InChI is InChI=1S/C11H14FN3S/c12-3-5-15-10(1-4-13)7-11(14-15)9-2-6-16-8-9/h2,6-8H,1,3-5,13H2. The first-order valence-electron chi connectivity index (χ1n) is 5.20. The Hall–Kier alpha value is -1.20. The van der Waals surface area contributed by atoms with E-state index in [0.29, 0.717) is 13.1 Å². The van der Waals surface area contributed by atoms with Crippen LogP contribution < -0.4 is 5.73 Å². The van der Waals surface area contributed by atoms with Crippen LogP contribution in [0.2, 0.25) is 0 Å². The van der Waals surface area contributed by atoms with Gasteiger partial charge in [0.1, 0.15) is 6.67 Å². The molecule has 2 heterocycles. The summed E-state index contributed by atoms with van der Waals surface area (Å²) in [4.78, 5) is 0. The molecule has 0 aromatic carbocycles. The summed E-state index contributed by atoms with van der Waals surface area (Å²) in [6.07, 6.45) is 0.733. The number of hydrogen-bond acceptors (Lipinski definition) is 3. The number of thiophene rings is 1. The van der Waals surface area contributed by atoms with Crippen molar-refractivity contribution in [3.63, 3.8) is 0 Å². The average molecular weight is 239 g/mol. The zero-order valence-corrected chi connectivity index (χ0v) is 9.71. The van der Waals surface area contributed by atoms with Crippen molar-refractivity contribution in [1.82, 2.24) is 9.78 Å². The molecule has 0 saturated heterocycles. The highest BCUT2D eigenvalue weighted by molar-refractivity contribution is 7.08. The third kappa shape index (κ3) is 2.31. The van der Waals surface area contributed by atoms with Gasteiger partial charge >= 0.3 is 0 Å². The average Bonchev–Trinajstić information content (AvgIpc) is 2.89. The number of halogens is 1. The van der Waals surface area contributed by atoms with Gasteiger partial charge in [0.2, 0.25) is 0 Å². The van der Waals surface area contributed by atoms with E-state index in [4.69, 9.17) is 5.73 Å². The Labute approximate surface area is 97.7 Å². The summed E-state index contributed by atoms with van der Waals surface area (Å²) in [5, 5.41) is 8.43. The van der Waals surface area contributed by atoms with Crippen LogP contribution in [0.15, 0.2) is 22.9 Å². The van der Waals surface area contributed by atoms with Crippen LogP contribution >= 0.6 is 11.3 Å². The van der Waals surface area contributed by atoms with E-state index >= 15 is 0 Å². The fourth-order valence-electron chi connectivity index (χ4n) is 1.63. The molecular formula is C11H14FN3S. The predicted molar refractivity (Wildman–Crippen MR) is 64.3 cm³/mol. The summed E-state index contributed by atoms with van der Waals surface area (Å²) in [5.41, 5.74) is 8.51. The molecule has 2 N–H and O–H groups in total. The number of alkyl halides is 1. The molecule has 0 spiro atoms. The van der Waals surface area contributed by atoms with Crippen molar-refractivity contribution >= 4 is 11.3 Å². The van der Waals surface area contributed by atoms with E-state index in [0.717, 1.165) is 23.4 Å². The van der Waals surface area contributed by atoms with Crippen molar-refractivity contribution in [1.29, 1.82) is 0 Å². The number of aryl methyl sites for hydroxylation is 1. The SMILES string of the molecule is NCCc1cc(-c2ccsc2)nn1CCF. The summed E-state index contributed by atoms with van der Waals surface area (Å²) in [7, 11) is 0. The number of rotatable bonds is 5. The maximum atomic E-state index is 12.4. The van der Waals surface area contributed by atoms with Crippen molar-refractivity contribution in [2.24, 2.45) is 5.73 Å². The number of nitrogens with zero attached hydrogens (tertiary/aromatic N) is 2. The summed E-state index contributed by atoms with van der Waals surface area (Å²) in [5.74, 6) is 0. The van der Waals surface area contributed by atoms with E-state index in [-0.39, 0.29) is 0 Å². The van der Waals surface area contributed by atoms with Gasteiger partial charge in [0, 0.05) is 23.1 Å². The van der Waals surface area contributed by atoms with Crippen LogP contribution in [0.25, 0.3) is 11.3 Å². The Morgan fingerprint density at radius 2 is 2.38 bits per heavy atom. The van der Waals surface area contributed by atoms with Gasteiger partial charge in [0.05, 0.1) is 12.2 Å². The van der Waals surface area contributed by atoms with Gasteiger partial charge in [-0.1, -0.05) is 0 Å². The smallest absolute Gasteiger partial charge is 0.109 e. The topological polar surface area (TPSA) is 43.8 Å². The van der Waals surface area contributed by atoms with Gasteiger partial charge in [-0.15, -0.1) is 0 Å². The molecule has 5 heteroatoms. The normalized spacial score (nSPS) is 10.9. The molecule has 0 atom stereocenters. The molecule has 0 radical (unpaired) electrons. The lowest BCUT2D eigenvalue weighted by Gasteiger charge is -2.02. The van der Waals surface area contributed by atoms with Gasteiger partial charge in [-0.25, -0.2) is 4.39 Å². The first-order chi connectivity index (χ1) is 7.85. The molecule has 0 aliphatic rings. The number of hydrogen-bond donors (Lipinski definition) is 1. The molecular weight excluding hydrogens is 225 g/mol. The van der Waals surface area contributed by atoms with Crippen molar-refractivity contribution in [2.45, 2.75) is 13.0 Å². The molecule has 2 aromatic heterocycles. The maximum Gasteiger partial charge on any atom is 0.109 e.